The van der Waals surface area contributed by atoms with Gasteiger partial charge in [-0.05, 0) is 30.3 Å². The van der Waals surface area contributed by atoms with Crippen LogP contribution in [0.3, 0.4) is 0 Å². The van der Waals surface area contributed by atoms with E-state index in [1.54, 1.807) is 36.4 Å². The molecule has 2 aromatic carbocycles. The van der Waals surface area contributed by atoms with E-state index in [1.807, 2.05) is 0 Å². The molecule has 0 aliphatic heterocycles. The maximum absolute atomic E-state index is 13.7. The van der Waals surface area contributed by atoms with Crippen LogP contribution in [0.2, 0.25) is 0 Å². The number of hydrogen-bond acceptors (Lipinski definition) is 2. The Morgan fingerprint density at radius 3 is 2.35 bits per heavy atom. The smallest absolute Gasteiger partial charge is 0.287 e. The van der Waals surface area contributed by atoms with E-state index in [9.17, 15) is 13.6 Å². The SMILES string of the molecule is O=C(NCc1ccccc1F)c1ccc(-c2ccccc2F)o1. The third-order valence-corrected chi connectivity index (χ3v) is 3.37. The third-order valence-electron chi connectivity index (χ3n) is 3.37. The van der Waals surface area contributed by atoms with E-state index in [-0.39, 0.29) is 29.4 Å². The van der Waals surface area contributed by atoms with Gasteiger partial charge >= 0.3 is 0 Å². The second-order valence-electron chi connectivity index (χ2n) is 4.92. The fourth-order valence-corrected chi connectivity index (χ4v) is 2.17. The van der Waals surface area contributed by atoms with Crippen LogP contribution < -0.4 is 5.32 Å². The van der Waals surface area contributed by atoms with Gasteiger partial charge in [0, 0.05) is 12.1 Å². The largest absolute Gasteiger partial charge is 0.451 e. The van der Waals surface area contributed by atoms with Crippen LogP contribution in [-0.4, -0.2) is 5.91 Å². The Kier molecular flexibility index (Phi) is 4.19. The van der Waals surface area contributed by atoms with Gasteiger partial charge in [-0.2, -0.15) is 0 Å². The molecule has 23 heavy (non-hydrogen) atoms. The molecular weight excluding hydrogens is 300 g/mol. The van der Waals surface area contributed by atoms with Crippen molar-refractivity contribution in [2.45, 2.75) is 6.54 Å². The molecule has 3 rings (SSSR count). The molecule has 1 heterocycles. The molecule has 1 aromatic heterocycles. The van der Waals surface area contributed by atoms with Crippen molar-refractivity contribution in [1.82, 2.24) is 5.32 Å². The molecule has 116 valence electrons. The lowest BCUT2D eigenvalue weighted by atomic mass is 10.1. The van der Waals surface area contributed by atoms with Gasteiger partial charge in [0.1, 0.15) is 17.4 Å². The number of carbonyl (C=O) groups excluding carboxylic acids is 1. The predicted molar refractivity (Wildman–Crippen MR) is 81.7 cm³/mol. The Morgan fingerprint density at radius 1 is 0.913 bits per heavy atom. The van der Waals surface area contributed by atoms with Crippen LogP contribution in [0.1, 0.15) is 16.1 Å². The molecule has 0 saturated heterocycles. The van der Waals surface area contributed by atoms with Crippen molar-refractivity contribution in [3.05, 3.63) is 83.6 Å². The number of nitrogens with one attached hydrogen (secondary N) is 1. The zero-order valence-corrected chi connectivity index (χ0v) is 12.1. The second kappa shape index (κ2) is 6.44. The average Bonchev–Trinajstić information content (AvgIpc) is 3.04. The van der Waals surface area contributed by atoms with Gasteiger partial charge in [-0.25, -0.2) is 8.78 Å². The van der Waals surface area contributed by atoms with Crippen LogP contribution in [0, 0.1) is 11.6 Å². The number of benzene rings is 2. The molecule has 1 N–H and O–H groups in total. The molecular formula is C18H13F2NO2. The number of carbonyl (C=O) groups is 1. The molecule has 0 unspecified atom stereocenters. The first-order valence-electron chi connectivity index (χ1n) is 7.01. The third kappa shape index (κ3) is 3.29. The summed E-state index contributed by atoms with van der Waals surface area (Å²) in [5, 5.41) is 2.57. The molecule has 0 bridgehead atoms. The molecule has 5 heteroatoms. The maximum atomic E-state index is 13.7. The molecule has 0 atom stereocenters. The van der Waals surface area contributed by atoms with E-state index in [0.29, 0.717) is 5.56 Å². The van der Waals surface area contributed by atoms with Gasteiger partial charge in [-0.3, -0.25) is 4.79 Å². The first-order valence-corrected chi connectivity index (χ1v) is 7.01. The van der Waals surface area contributed by atoms with E-state index in [0.717, 1.165) is 0 Å². The number of halogens is 2. The minimum Gasteiger partial charge on any atom is -0.451 e. The van der Waals surface area contributed by atoms with E-state index in [4.69, 9.17) is 4.42 Å². The normalized spacial score (nSPS) is 10.5. The van der Waals surface area contributed by atoms with Crippen molar-refractivity contribution < 1.29 is 18.0 Å². The van der Waals surface area contributed by atoms with Gasteiger partial charge in [0.05, 0.1) is 5.56 Å². The summed E-state index contributed by atoms with van der Waals surface area (Å²) < 4.78 is 32.6. The zero-order valence-electron chi connectivity index (χ0n) is 12.1. The van der Waals surface area contributed by atoms with Crippen molar-refractivity contribution in [2.24, 2.45) is 0 Å². The summed E-state index contributed by atoms with van der Waals surface area (Å²) in [6.07, 6.45) is 0. The zero-order chi connectivity index (χ0) is 16.2. The maximum Gasteiger partial charge on any atom is 0.287 e. The fraction of sp³-hybridized carbons (Fsp3) is 0.0556. The first kappa shape index (κ1) is 15.0. The highest BCUT2D eigenvalue weighted by Crippen LogP contribution is 2.24. The summed E-state index contributed by atoms with van der Waals surface area (Å²) in [6.45, 7) is 0.0429. The Labute approximate surface area is 131 Å². The van der Waals surface area contributed by atoms with Gasteiger partial charge in [0.2, 0.25) is 0 Å². The molecule has 3 aromatic rings. The molecule has 0 saturated carbocycles. The van der Waals surface area contributed by atoms with Gasteiger partial charge in [0.15, 0.2) is 5.76 Å². The Morgan fingerprint density at radius 2 is 1.61 bits per heavy atom. The fourth-order valence-electron chi connectivity index (χ4n) is 2.17. The lowest BCUT2D eigenvalue weighted by molar-refractivity contribution is 0.0923. The Balaban J connectivity index is 1.72. The van der Waals surface area contributed by atoms with Crippen LogP contribution in [0.15, 0.2) is 65.1 Å². The molecule has 3 nitrogen and oxygen atoms in total. The molecule has 0 aliphatic carbocycles. The molecule has 0 aliphatic rings. The van der Waals surface area contributed by atoms with Crippen molar-refractivity contribution in [3.8, 4) is 11.3 Å². The topological polar surface area (TPSA) is 42.2 Å². The number of furan rings is 1. The standard InChI is InChI=1S/C18H13F2NO2/c19-14-7-3-1-5-12(14)11-21-18(22)17-10-9-16(23-17)13-6-2-4-8-15(13)20/h1-10H,11H2,(H,21,22). The van der Waals surface area contributed by atoms with Crippen LogP contribution in [0.5, 0.6) is 0 Å². The average molecular weight is 313 g/mol. The highest BCUT2D eigenvalue weighted by molar-refractivity contribution is 5.92. The monoisotopic (exact) mass is 313 g/mol. The van der Waals surface area contributed by atoms with Crippen LogP contribution in [0.25, 0.3) is 11.3 Å². The summed E-state index contributed by atoms with van der Waals surface area (Å²) in [6, 6.07) is 15.3. The van der Waals surface area contributed by atoms with E-state index >= 15 is 0 Å². The molecule has 0 spiro atoms. The van der Waals surface area contributed by atoms with Crippen molar-refractivity contribution in [1.29, 1.82) is 0 Å². The van der Waals surface area contributed by atoms with Crippen molar-refractivity contribution >= 4 is 5.91 Å². The molecule has 1 amide bonds. The highest BCUT2D eigenvalue weighted by atomic mass is 19.1. The summed E-state index contributed by atoms with van der Waals surface area (Å²) in [7, 11) is 0. The summed E-state index contributed by atoms with van der Waals surface area (Å²) >= 11 is 0. The van der Waals surface area contributed by atoms with E-state index in [2.05, 4.69) is 5.32 Å². The van der Waals surface area contributed by atoms with Gasteiger partial charge in [-0.1, -0.05) is 30.3 Å². The quantitative estimate of drug-likeness (QED) is 0.786. The minimum absolute atomic E-state index is 0.0413. The Hall–Kier alpha value is -2.95. The lowest BCUT2D eigenvalue weighted by Gasteiger charge is -2.04. The lowest BCUT2D eigenvalue weighted by Crippen LogP contribution is -2.22. The van der Waals surface area contributed by atoms with Gasteiger partial charge in [0.25, 0.3) is 5.91 Å². The van der Waals surface area contributed by atoms with E-state index in [1.165, 1.54) is 24.3 Å². The van der Waals surface area contributed by atoms with Crippen molar-refractivity contribution in [3.63, 3.8) is 0 Å². The summed E-state index contributed by atoms with van der Waals surface area (Å²) in [5.41, 5.74) is 0.655. The second-order valence-corrected chi connectivity index (χ2v) is 4.92. The summed E-state index contributed by atoms with van der Waals surface area (Å²) in [5.74, 6) is -1.01. The first-order chi connectivity index (χ1) is 11.1. The summed E-state index contributed by atoms with van der Waals surface area (Å²) in [4.78, 5) is 12.0. The van der Waals surface area contributed by atoms with Crippen LogP contribution in [0.4, 0.5) is 8.78 Å². The number of amides is 1. The number of hydrogen-bond donors (Lipinski definition) is 1. The Bertz CT molecular complexity index is 842. The van der Waals surface area contributed by atoms with Gasteiger partial charge < -0.3 is 9.73 Å². The molecule has 0 radical (unpaired) electrons. The van der Waals surface area contributed by atoms with Gasteiger partial charge in [-0.15, -0.1) is 0 Å². The van der Waals surface area contributed by atoms with Crippen LogP contribution in [-0.2, 0) is 6.54 Å². The van der Waals surface area contributed by atoms with E-state index < -0.39 is 11.7 Å². The minimum atomic E-state index is -0.490. The van der Waals surface area contributed by atoms with Crippen molar-refractivity contribution in [2.75, 3.05) is 0 Å². The predicted octanol–water partition coefficient (Wildman–Crippen LogP) is 4.15. The molecule has 0 fully saturated rings. The highest BCUT2D eigenvalue weighted by Gasteiger charge is 2.14. The van der Waals surface area contributed by atoms with Crippen LogP contribution >= 0.6 is 0 Å². The number of rotatable bonds is 4.